The molecule has 0 radical (unpaired) electrons. The van der Waals surface area contributed by atoms with Crippen LogP contribution in [0.3, 0.4) is 0 Å². The lowest BCUT2D eigenvalue weighted by Crippen LogP contribution is -2.37. The van der Waals surface area contributed by atoms with Crippen molar-refractivity contribution in [3.8, 4) is 0 Å². The summed E-state index contributed by atoms with van der Waals surface area (Å²) in [7, 11) is 1.14. The molecule has 0 amide bonds. The molecule has 0 saturated carbocycles. The van der Waals surface area contributed by atoms with Gasteiger partial charge in [0, 0.05) is 12.8 Å². The van der Waals surface area contributed by atoms with E-state index in [-0.39, 0.29) is 26.1 Å². The Kier molecular flexibility index (Phi) is 43.7. The van der Waals surface area contributed by atoms with Crippen LogP contribution >= 0.6 is 7.82 Å². The van der Waals surface area contributed by atoms with E-state index in [0.29, 0.717) is 23.9 Å². The van der Waals surface area contributed by atoms with Gasteiger partial charge in [-0.1, -0.05) is 210 Å². The molecule has 9 nitrogen and oxygen atoms in total. The van der Waals surface area contributed by atoms with Crippen LogP contribution in [0.15, 0.2) is 48.6 Å². The number of carbonyl (C=O) groups is 2. The van der Waals surface area contributed by atoms with Crippen molar-refractivity contribution in [2.24, 2.45) is 0 Å². The lowest BCUT2D eigenvalue weighted by molar-refractivity contribution is -0.870. The van der Waals surface area contributed by atoms with Crippen molar-refractivity contribution in [1.82, 2.24) is 0 Å². The minimum absolute atomic E-state index is 0.0390. The Morgan fingerprint density at radius 1 is 0.492 bits per heavy atom. The molecule has 0 aromatic rings. The monoisotopic (exact) mass is 908 g/mol. The van der Waals surface area contributed by atoms with Gasteiger partial charge in [-0.15, -0.1) is 0 Å². The lowest BCUT2D eigenvalue weighted by Gasteiger charge is -2.28. The summed E-state index contributed by atoms with van der Waals surface area (Å²) in [5, 5.41) is 0. The minimum atomic E-state index is -4.64. The van der Waals surface area contributed by atoms with Crippen LogP contribution in [0.4, 0.5) is 0 Å². The number of likely N-dealkylation sites (N-methyl/N-ethyl adjacent to an activating group) is 1. The van der Waals surface area contributed by atoms with Crippen molar-refractivity contribution >= 4 is 19.8 Å². The predicted octanol–water partition coefficient (Wildman–Crippen LogP) is 14.8. The number of nitrogens with zero attached hydrogens (tertiary/aromatic N) is 1. The Balaban J connectivity index is 4.29. The third-order valence-electron chi connectivity index (χ3n) is 11.1. The number of allylic oxidation sites excluding steroid dienone is 8. The summed E-state index contributed by atoms with van der Waals surface area (Å²) in [6.45, 7) is 4.17. The zero-order valence-corrected chi connectivity index (χ0v) is 42.4. The predicted molar refractivity (Wildman–Crippen MR) is 264 cm³/mol. The highest BCUT2D eigenvalue weighted by Gasteiger charge is 2.21. The van der Waals surface area contributed by atoms with Gasteiger partial charge in [0.1, 0.15) is 19.8 Å². The number of hydrogen-bond acceptors (Lipinski definition) is 8. The van der Waals surface area contributed by atoms with Crippen molar-refractivity contribution in [3.63, 3.8) is 0 Å². The largest absolute Gasteiger partial charge is 0.756 e. The topological polar surface area (TPSA) is 111 Å². The van der Waals surface area contributed by atoms with E-state index in [0.717, 1.165) is 44.9 Å². The zero-order chi connectivity index (χ0) is 46.4. The Labute approximate surface area is 388 Å². The second kappa shape index (κ2) is 45.1. The van der Waals surface area contributed by atoms with Crippen molar-refractivity contribution < 1.29 is 42.1 Å². The molecule has 0 heterocycles. The SMILES string of the molecule is CCCCC/C=C/C/C=C/C/C=C/C/C=C/CCCC(=O)OC[C@H](COP(=O)([O-])OCC[N+](C)(C)C)OC(=O)CCCCCCCCCCCCCCCCCCCCCCCC. The Morgan fingerprint density at radius 3 is 1.32 bits per heavy atom. The van der Waals surface area contributed by atoms with Crippen LogP contribution < -0.4 is 4.89 Å². The van der Waals surface area contributed by atoms with Gasteiger partial charge in [-0.2, -0.15) is 0 Å². The molecule has 0 aromatic carbocycles. The molecule has 0 aliphatic carbocycles. The molecule has 0 rings (SSSR count). The zero-order valence-electron chi connectivity index (χ0n) is 41.5. The van der Waals surface area contributed by atoms with Crippen LogP contribution in [0.5, 0.6) is 0 Å². The van der Waals surface area contributed by atoms with Gasteiger partial charge in [0.2, 0.25) is 0 Å². The number of unbranched alkanes of at least 4 members (excludes halogenated alkanes) is 25. The summed E-state index contributed by atoms with van der Waals surface area (Å²) in [5.74, 6) is -0.893. The second-order valence-electron chi connectivity index (χ2n) is 18.5. The molecule has 0 N–H and O–H groups in total. The second-order valence-corrected chi connectivity index (χ2v) is 20.0. The van der Waals surface area contributed by atoms with E-state index in [4.69, 9.17) is 18.5 Å². The molecule has 0 saturated heterocycles. The molecular formula is C53H98NO8P. The highest BCUT2D eigenvalue weighted by Crippen LogP contribution is 2.38. The molecular weight excluding hydrogens is 810 g/mol. The van der Waals surface area contributed by atoms with Gasteiger partial charge in [0.05, 0.1) is 27.7 Å². The van der Waals surface area contributed by atoms with Crippen LogP contribution in [-0.2, 0) is 32.7 Å². The summed E-state index contributed by atoms with van der Waals surface area (Å²) in [6.07, 6.45) is 54.4. The van der Waals surface area contributed by atoms with Gasteiger partial charge in [0.15, 0.2) is 6.10 Å². The molecule has 63 heavy (non-hydrogen) atoms. The quantitative estimate of drug-likeness (QED) is 0.0195. The van der Waals surface area contributed by atoms with Crippen LogP contribution in [0.25, 0.3) is 0 Å². The molecule has 0 fully saturated rings. The normalized spacial score (nSPS) is 13.8. The van der Waals surface area contributed by atoms with Gasteiger partial charge in [-0.05, 0) is 51.4 Å². The maximum absolute atomic E-state index is 12.7. The van der Waals surface area contributed by atoms with Crippen molar-refractivity contribution in [3.05, 3.63) is 48.6 Å². The Morgan fingerprint density at radius 2 is 0.873 bits per heavy atom. The average Bonchev–Trinajstić information content (AvgIpc) is 3.24. The smallest absolute Gasteiger partial charge is 0.306 e. The van der Waals surface area contributed by atoms with Gasteiger partial charge >= 0.3 is 11.9 Å². The van der Waals surface area contributed by atoms with E-state index in [1.807, 2.05) is 21.1 Å². The van der Waals surface area contributed by atoms with E-state index in [1.54, 1.807) is 0 Å². The standard InChI is InChI=1S/C53H98NO8P/c1-6-8-10-12-14-16-18-20-22-24-25-26-27-28-30-32-34-36-38-40-42-44-46-53(56)62-51(50-61-63(57,58)60-48-47-54(3,4)5)49-59-52(55)45-43-41-39-37-35-33-31-29-23-21-19-17-15-13-11-9-7-2/h15,17,21,23,31,33,37,39,51H,6-14,16,18-20,22,24-30,32,34-36,38,40-50H2,1-5H3/b17-15+,23-21+,33-31+,39-37+/t51-/m1/s1. The fraction of sp³-hybridized carbons (Fsp3) is 0.811. The van der Waals surface area contributed by atoms with E-state index >= 15 is 0 Å². The fourth-order valence-corrected chi connectivity index (χ4v) is 7.79. The number of hydrogen-bond donors (Lipinski definition) is 0. The first-order valence-electron chi connectivity index (χ1n) is 25.8. The molecule has 0 aliphatic rings. The van der Waals surface area contributed by atoms with E-state index < -0.39 is 32.5 Å². The first-order valence-corrected chi connectivity index (χ1v) is 27.3. The lowest BCUT2D eigenvalue weighted by atomic mass is 10.0. The van der Waals surface area contributed by atoms with Gasteiger partial charge in [-0.3, -0.25) is 14.2 Å². The molecule has 2 atom stereocenters. The third-order valence-corrected chi connectivity index (χ3v) is 12.1. The maximum atomic E-state index is 12.7. The average molecular weight is 908 g/mol. The van der Waals surface area contributed by atoms with E-state index in [9.17, 15) is 19.0 Å². The summed E-state index contributed by atoms with van der Waals surface area (Å²) >= 11 is 0. The first kappa shape index (κ1) is 61.0. The number of phosphoric ester groups is 1. The molecule has 0 aromatic heterocycles. The van der Waals surface area contributed by atoms with Crippen molar-refractivity contribution in [2.45, 2.75) is 232 Å². The highest BCUT2D eigenvalue weighted by atomic mass is 31.2. The molecule has 10 heteroatoms. The van der Waals surface area contributed by atoms with Gasteiger partial charge in [0.25, 0.3) is 7.82 Å². The number of ether oxygens (including phenoxy) is 2. The van der Waals surface area contributed by atoms with Crippen LogP contribution in [-0.4, -0.2) is 70.0 Å². The molecule has 0 bridgehead atoms. The van der Waals surface area contributed by atoms with Crippen LogP contribution in [0, 0.1) is 0 Å². The van der Waals surface area contributed by atoms with Crippen molar-refractivity contribution in [2.75, 3.05) is 47.5 Å². The fourth-order valence-electron chi connectivity index (χ4n) is 7.06. The Bertz CT molecular complexity index is 1210. The van der Waals surface area contributed by atoms with Crippen LogP contribution in [0.1, 0.15) is 226 Å². The van der Waals surface area contributed by atoms with Crippen molar-refractivity contribution in [1.29, 1.82) is 0 Å². The Hall–Kier alpha value is -2.03. The first-order chi connectivity index (χ1) is 30.5. The highest BCUT2D eigenvalue weighted by molar-refractivity contribution is 7.45. The number of rotatable bonds is 47. The molecule has 0 aliphatic heterocycles. The number of esters is 2. The number of phosphoric acid groups is 1. The maximum Gasteiger partial charge on any atom is 0.306 e. The summed E-state index contributed by atoms with van der Waals surface area (Å²) in [4.78, 5) is 37.7. The summed E-state index contributed by atoms with van der Waals surface area (Å²) in [6, 6.07) is 0. The van der Waals surface area contributed by atoms with Crippen LogP contribution in [0.2, 0.25) is 0 Å². The molecule has 0 spiro atoms. The summed E-state index contributed by atoms with van der Waals surface area (Å²) < 4.78 is 34.0. The number of quaternary nitrogens is 1. The summed E-state index contributed by atoms with van der Waals surface area (Å²) in [5.41, 5.74) is 0. The minimum Gasteiger partial charge on any atom is -0.756 e. The van der Waals surface area contributed by atoms with E-state index in [2.05, 4.69) is 62.5 Å². The van der Waals surface area contributed by atoms with Gasteiger partial charge < -0.3 is 27.9 Å². The number of carbonyl (C=O) groups excluding carboxylic acids is 2. The van der Waals surface area contributed by atoms with E-state index in [1.165, 1.54) is 141 Å². The van der Waals surface area contributed by atoms with Gasteiger partial charge in [-0.25, -0.2) is 0 Å². The molecule has 368 valence electrons. The molecule has 1 unspecified atom stereocenters. The third kappa shape index (κ3) is 49.2.